The lowest BCUT2D eigenvalue weighted by atomic mass is 10.1. The first kappa shape index (κ1) is 10.1. The van der Waals surface area contributed by atoms with E-state index in [4.69, 9.17) is 16.0 Å². The fourth-order valence-electron chi connectivity index (χ4n) is 1.26. The first-order chi connectivity index (χ1) is 7.22. The van der Waals surface area contributed by atoms with Crippen LogP contribution < -0.4 is 0 Å². The fraction of sp³-hybridized carbons (Fsp3) is 0.200. The van der Waals surface area contributed by atoms with Gasteiger partial charge in [-0.1, -0.05) is 6.07 Å². The van der Waals surface area contributed by atoms with Gasteiger partial charge >= 0.3 is 0 Å². The van der Waals surface area contributed by atoms with Gasteiger partial charge in [0.05, 0.1) is 0 Å². The largest absolute Gasteiger partial charge is 0.419 e. The molecule has 1 aromatic heterocycles. The fourth-order valence-corrected chi connectivity index (χ4v) is 1.36. The average Bonchev–Trinajstić information content (AvgIpc) is 2.70. The number of aromatic nitrogens is 2. The maximum atomic E-state index is 13.2. The monoisotopic (exact) mass is 226 g/mol. The lowest BCUT2D eigenvalue weighted by Crippen LogP contribution is -1.87. The second-order valence-corrected chi connectivity index (χ2v) is 3.31. The highest BCUT2D eigenvalue weighted by atomic mass is 35.5. The molecule has 15 heavy (non-hydrogen) atoms. The lowest BCUT2D eigenvalue weighted by molar-refractivity contribution is 0.526. The summed E-state index contributed by atoms with van der Waals surface area (Å²) in [6, 6.07) is 4.71. The third-order valence-electron chi connectivity index (χ3n) is 2.08. The number of hydrogen-bond acceptors (Lipinski definition) is 3. The molecule has 0 unspecified atom stereocenters. The Kier molecular flexibility index (Phi) is 2.68. The van der Waals surface area contributed by atoms with Crippen molar-refractivity contribution in [3.05, 3.63) is 35.5 Å². The Morgan fingerprint density at radius 3 is 2.87 bits per heavy atom. The number of rotatable bonds is 2. The molecule has 2 rings (SSSR count). The summed E-state index contributed by atoms with van der Waals surface area (Å²) in [7, 11) is 0. The van der Waals surface area contributed by atoms with Crippen molar-refractivity contribution in [2.45, 2.75) is 12.8 Å². The van der Waals surface area contributed by atoms with Crippen molar-refractivity contribution in [2.24, 2.45) is 0 Å². The molecule has 78 valence electrons. The van der Waals surface area contributed by atoms with Gasteiger partial charge in [0.25, 0.3) is 0 Å². The number of halogens is 2. The minimum absolute atomic E-state index is 0.154. The predicted molar refractivity (Wildman–Crippen MR) is 54.0 cm³/mol. The van der Waals surface area contributed by atoms with Gasteiger partial charge in [0.2, 0.25) is 11.8 Å². The van der Waals surface area contributed by atoms with Crippen LogP contribution in [0.3, 0.4) is 0 Å². The molecule has 1 heterocycles. The summed E-state index contributed by atoms with van der Waals surface area (Å²) >= 11 is 5.53. The molecule has 0 saturated carbocycles. The molecule has 0 N–H and O–H groups in total. The zero-order valence-corrected chi connectivity index (χ0v) is 8.75. The number of alkyl halides is 1. The van der Waals surface area contributed by atoms with Gasteiger partial charge in [-0.2, -0.15) is 0 Å². The van der Waals surface area contributed by atoms with E-state index in [0.717, 1.165) is 0 Å². The topological polar surface area (TPSA) is 38.9 Å². The molecule has 0 radical (unpaired) electrons. The molecule has 5 heteroatoms. The Bertz CT molecular complexity index is 484. The van der Waals surface area contributed by atoms with E-state index >= 15 is 0 Å². The number of hydrogen-bond donors (Lipinski definition) is 0. The molecule has 0 aliphatic heterocycles. The highest BCUT2D eigenvalue weighted by Crippen LogP contribution is 2.23. The van der Waals surface area contributed by atoms with Crippen LogP contribution in [0.25, 0.3) is 11.5 Å². The van der Waals surface area contributed by atoms with Crippen LogP contribution in [0.15, 0.2) is 22.6 Å². The molecule has 3 nitrogen and oxygen atoms in total. The maximum absolute atomic E-state index is 13.2. The van der Waals surface area contributed by atoms with Crippen molar-refractivity contribution in [1.29, 1.82) is 0 Å². The summed E-state index contributed by atoms with van der Waals surface area (Å²) in [6.45, 7) is 1.66. The van der Waals surface area contributed by atoms with Crippen molar-refractivity contribution < 1.29 is 8.81 Å². The van der Waals surface area contributed by atoms with E-state index < -0.39 is 0 Å². The van der Waals surface area contributed by atoms with E-state index in [0.29, 0.717) is 22.9 Å². The predicted octanol–water partition coefficient (Wildman–Crippen LogP) is 2.92. The maximum Gasteiger partial charge on any atom is 0.248 e. The minimum atomic E-state index is -0.293. The van der Waals surface area contributed by atoms with Gasteiger partial charge in [0, 0.05) is 5.56 Å². The summed E-state index contributed by atoms with van der Waals surface area (Å²) in [6.07, 6.45) is 0. The van der Waals surface area contributed by atoms with Crippen molar-refractivity contribution in [3.8, 4) is 11.5 Å². The highest BCUT2D eigenvalue weighted by Gasteiger charge is 2.12. The molecular weight excluding hydrogens is 219 g/mol. The van der Waals surface area contributed by atoms with Crippen LogP contribution in [0.4, 0.5) is 4.39 Å². The van der Waals surface area contributed by atoms with Gasteiger partial charge in [-0.3, -0.25) is 0 Å². The van der Waals surface area contributed by atoms with Crippen LogP contribution >= 0.6 is 11.6 Å². The normalized spacial score (nSPS) is 10.6. The van der Waals surface area contributed by atoms with E-state index in [2.05, 4.69) is 10.2 Å². The Labute approximate surface area is 90.9 Å². The summed E-state index contributed by atoms with van der Waals surface area (Å²) < 4.78 is 18.5. The van der Waals surface area contributed by atoms with Crippen molar-refractivity contribution >= 4 is 11.6 Å². The Balaban J connectivity index is 2.49. The zero-order valence-electron chi connectivity index (χ0n) is 8.00. The molecule has 0 amide bonds. The second-order valence-electron chi connectivity index (χ2n) is 3.05. The Hall–Kier alpha value is -1.42. The van der Waals surface area contributed by atoms with Crippen LogP contribution in [-0.2, 0) is 5.88 Å². The van der Waals surface area contributed by atoms with E-state index in [9.17, 15) is 4.39 Å². The van der Waals surface area contributed by atoms with Crippen LogP contribution in [-0.4, -0.2) is 10.2 Å². The molecule has 2 aromatic rings. The van der Waals surface area contributed by atoms with E-state index in [1.165, 1.54) is 6.07 Å². The molecule has 0 spiro atoms. The van der Waals surface area contributed by atoms with Gasteiger partial charge in [0.15, 0.2) is 0 Å². The summed E-state index contributed by atoms with van der Waals surface area (Å²) in [5.41, 5.74) is 1.08. The van der Waals surface area contributed by atoms with Crippen LogP contribution in [0.2, 0.25) is 0 Å². The Morgan fingerprint density at radius 1 is 1.40 bits per heavy atom. The smallest absolute Gasteiger partial charge is 0.248 e. The average molecular weight is 227 g/mol. The molecular formula is C10H8ClFN2O. The molecule has 1 aromatic carbocycles. The van der Waals surface area contributed by atoms with Crippen LogP contribution in [0.5, 0.6) is 0 Å². The van der Waals surface area contributed by atoms with Crippen molar-refractivity contribution in [2.75, 3.05) is 0 Å². The number of nitrogens with zero attached hydrogens (tertiary/aromatic N) is 2. The van der Waals surface area contributed by atoms with Crippen molar-refractivity contribution in [3.63, 3.8) is 0 Å². The van der Waals surface area contributed by atoms with Crippen LogP contribution in [0, 0.1) is 12.7 Å². The van der Waals surface area contributed by atoms with E-state index in [1.54, 1.807) is 19.1 Å². The second kappa shape index (κ2) is 3.98. The molecule has 0 atom stereocenters. The zero-order chi connectivity index (χ0) is 10.8. The summed E-state index contributed by atoms with van der Waals surface area (Å²) in [5, 5.41) is 7.50. The third kappa shape index (κ3) is 1.85. The van der Waals surface area contributed by atoms with Gasteiger partial charge < -0.3 is 4.42 Å². The summed E-state index contributed by atoms with van der Waals surface area (Å²) in [5.74, 6) is 0.484. The lowest BCUT2D eigenvalue weighted by Gasteiger charge is -2.00. The van der Waals surface area contributed by atoms with E-state index in [1.807, 2.05) is 0 Å². The van der Waals surface area contributed by atoms with Gasteiger partial charge in [-0.05, 0) is 24.6 Å². The molecule has 0 bridgehead atoms. The Morgan fingerprint density at radius 2 is 2.20 bits per heavy atom. The van der Waals surface area contributed by atoms with E-state index in [-0.39, 0.29) is 11.7 Å². The standard InChI is InChI=1S/C10H8ClFN2O/c1-6-7(3-2-4-8(6)12)10-14-13-9(5-11)15-10/h2-4H,5H2,1H3. The molecule has 0 fully saturated rings. The van der Waals surface area contributed by atoms with Crippen molar-refractivity contribution in [1.82, 2.24) is 10.2 Å². The summed E-state index contributed by atoms with van der Waals surface area (Å²) in [4.78, 5) is 0. The highest BCUT2D eigenvalue weighted by molar-refractivity contribution is 6.16. The third-order valence-corrected chi connectivity index (χ3v) is 2.31. The van der Waals surface area contributed by atoms with Gasteiger partial charge in [-0.15, -0.1) is 21.8 Å². The first-order valence-electron chi connectivity index (χ1n) is 4.36. The molecule has 0 saturated heterocycles. The van der Waals surface area contributed by atoms with Crippen LogP contribution in [0.1, 0.15) is 11.5 Å². The quantitative estimate of drug-likeness (QED) is 0.739. The van der Waals surface area contributed by atoms with Gasteiger partial charge in [0.1, 0.15) is 11.7 Å². The minimum Gasteiger partial charge on any atom is -0.419 e. The molecule has 0 aliphatic carbocycles. The first-order valence-corrected chi connectivity index (χ1v) is 4.89. The molecule has 0 aliphatic rings. The van der Waals surface area contributed by atoms with Gasteiger partial charge in [-0.25, -0.2) is 4.39 Å². The SMILES string of the molecule is Cc1c(F)cccc1-c1nnc(CCl)o1. The number of benzene rings is 1.